The van der Waals surface area contributed by atoms with E-state index in [0.29, 0.717) is 38.4 Å². The highest BCUT2D eigenvalue weighted by molar-refractivity contribution is 5.66. The van der Waals surface area contributed by atoms with Gasteiger partial charge in [-0.15, -0.1) is 0 Å². The molecule has 2 saturated carbocycles. The Morgan fingerprint density at radius 3 is 2.64 bits per heavy atom. The average Bonchev–Trinajstić information content (AvgIpc) is 3.18. The largest absolute Gasteiger partial charge is 0.512 e. The standard InChI is InChI=1S/C22H30O6/c23-19(8-4-10-27-16-6-2-1-3-7-16)22-18-14-17(12-15(18)13-20(22)24)28-11-5-9-21(25)26/h1-3,6-8,15,17-18,20,22-24H,4-5,9-14H2,(H,25,26)/b19-8+/t15-,17+,18-,20-,22+/m1/s1. The van der Waals surface area contributed by atoms with Crippen LogP contribution in [0.25, 0.3) is 0 Å². The molecule has 2 fully saturated rings. The molecule has 0 spiro atoms. The highest BCUT2D eigenvalue weighted by Crippen LogP contribution is 2.50. The maximum Gasteiger partial charge on any atom is 0.303 e. The molecule has 1 aromatic carbocycles. The topological polar surface area (TPSA) is 96.2 Å². The number of rotatable bonds is 10. The van der Waals surface area contributed by atoms with Gasteiger partial charge in [0.1, 0.15) is 5.75 Å². The van der Waals surface area contributed by atoms with Crippen molar-refractivity contribution in [3.8, 4) is 5.75 Å². The molecular formula is C22H30O6. The summed E-state index contributed by atoms with van der Waals surface area (Å²) in [7, 11) is 0. The molecule has 0 heterocycles. The summed E-state index contributed by atoms with van der Waals surface area (Å²) in [6.07, 6.45) is 4.91. The van der Waals surface area contributed by atoms with Crippen LogP contribution in [0, 0.1) is 17.8 Å². The molecule has 3 rings (SSSR count). The Morgan fingerprint density at radius 2 is 1.89 bits per heavy atom. The van der Waals surface area contributed by atoms with E-state index in [-0.39, 0.29) is 30.1 Å². The summed E-state index contributed by atoms with van der Waals surface area (Å²) in [5.41, 5.74) is 0. The summed E-state index contributed by atoms with van der Waals surface area (Å²) in [4.78, 5) is 10.6. The van der Waals surface area contributed by atoms with Crippen LogP contribution in [-0.4, -0.2) is 46.7 Å². The van der Waals surface area contributed by atoms with Gasteiger partial charge in [-0.25, -0.2) is 0 Å². The molecule has 2 aliphatic rings. The Kier molecular flexibility index (Phi) is 7.34. The van der Waals surface area contributed by atoms with Gasteiger partial charge in [-0.2, -0.15) is 0 Å². The number of benzene rings is 1. The normalized spacial score (nSPS) is 29.6. The van der Waals surface area contributed by atoms with Crippen molar-refractivity contribution in [1.82, 2.24) is 0 Å². The van der Waals surface area contributed by atoms with Gasteiger partial charge >= 0.3 is 5.97 Å². The predicted molar refractivity (Wildman–Crippen MR) is 104 cm³/mol. The minimum atomic E-state index is -0.804. The van der Waals surface area contributed by atoms with Crippen molar-refractivity contribution in [2.45, 2.75) is 50.7 Å². The van der Waals surface area contributed by atoms with Gasteiger partial charge in [0.05, 0.1) is 24.6 Å². The van der Waals surface area contributed by atoms with E-state index in [1.54, 1.807) is 6.08 Å². The molecule has 2 aliphatic carbocycles. The second-order valence-corrected chi connectivity index (χ2v) is 7.79. The van der Waals surface area contributed by atoms with E-state index in [4.69, 9.17) is 14.6 Å². The third-order valence-electron chi connectivity index (χ3n) is 5.84. The van der Waals surface area contributed by atoms with Crippen LogP contribution in [0.4, 0.5) is 0 Å². The Balaban J connectivity index is 1.45. The molecule has 0 radical (unpaired) electrons. The third-order valence-corrected chi connectivity index (χ3v) is 5.84. The fourth-order valence-corrected chi connectivity index (χ4v) is 4.62. The molecule has 3 N–H and O–H groups in total. The van der Waals surface area contributed by atoms with Crippen molar-refractivity contribution in [2.75, 3.05) is 13.2 Å². The lowest BCUT2D eigenvalue weighted by Gasteiger charge is -2.21. The van der Waals surface area contributed by atoms with Crippen LogP contribution in [0.15, 0.2) is 42.2 Å². The number of fused-ring (bicyclic) bond motifs is 1. The van der Waals surface area contributed by atoms with Crippen LogP contribution in [0.3, 0.4) is 0 Å². The van der Waals surface area contributed by atoms with E-state index in [2.05, 4.69) is 0 Å². The van der Waals surface area contributed by atoms with E-state index < -0.39 is 12.1 Å². The predicted octanol–water partition coefficient (Wildman–Crippen LogP) is 3.55. The van der Waals surface area contributed by atoms with Gasteiger partial charge in [0.2, 0.25) is 0 Å². The SMILES string of the molecule is O=C(O)CCCO[C@H]1C[C@@H]2C[C@@H](O)[C@H](/C(O)=C\CCOc3ccccc3)[C@@H]2C1. The summed E-state index contributed by atoms with van der Waals surface area (Å²) >= 11 is 0. The van der Waals surface area contributed by atoms with E-state index in [0.717, 1.165) is 18.6 Å². The second-order valence-electron chi connectivity index (χ2n) is 7.79. The van der Waals surface area contributed by atoms with Crippen LogP contribution >= 0.6 is 0 Å². The average molecular weight is 390 g/mol. The zero-order chi connectivity index (χ0) is 19.9. The number of aliphatic carboxylic acids is 1. The second kappa shape index (κ2) is 9.94. The summed E-state index contributed by atoms with van der Waals surface area (Å²) in [6.45, 7) is 0.919. The molecule has 1 aromatic rings. The van der Waals surface area contributed by atoms with E-state index in [1.807, 2.05) is 30.3 Å². The van der Waals surface area contributed by atoms with Gasteiger partial charge in [0.15, 0.2) is 0 Å². The zero-order valence-corrected chi connectivity index (χ0v) is 16.1. The maximum atomic E-state index is 10.6. The Bertz CT molecular complexity index is 658. The molecule has 6 nitrogen and oxygen atoms in total. The number of hydrogen-bond acceptors (Lipinski definition) is 5. The Morgan fingerprint density at radius 1 is 1.11 bits per heavy atom. The summed E-state index contributed by atoms with van der Waals surface area (Å²) in [5, 5.41) is 29.7. The van der Waals surface area contributed by atoms with Crippen LogP contribution < -0.4 is 4.74 Å². The Labute approximate surface area is 165 Å². The molecule has 28 heavy (non-hydrogen) atoms. The van der Waals surface area contributed by atoms with Gasteiger partial charge < -0.3 is 24.8 Å². The Hall–Kier alpha value is -2.05. The molecule has 6 heteroatoms. The first-order valence-electron chi connectivity index (χ1n) is 10.1. The van der Waals surface area contributed by atoms with Crippen LogP contribution in [-0.2, 0) is 9.53 Å². The maximum absolute atomic E-state index is 10.6. The molecule has 0 bridgehead atoms. The smallest absolute Gasteiger partial charge is 0.303 e. The first-order chi connectivity index (χ1) is 13.5. The van der Waals surface area contributed by atoms with Crippen LogP contribution in [0.1, 0.15) is 38.5 Å². The molecule has 0 aromatic heterocycles. The first kappa shape index (κ1) is 20.7. The van der Waals surface area contributed by atoms with Crippen LogP contribution in [0.2, 0.25) is 0 Å². The van der Waals surface area contributed by atoms with Gasteiger partial charge in [0.25, 0.3) is 0 Å². The van der Waals surface area contributed by atoms with Crippen molar-refractivity contribution in [2.24, 2.45) is 17.8 Å². The van der Waals surface area contributed by atoms with Gasteiger partial charge in [0, 0.05) is 25.4 Å². The summed E-state index contributed by atoms with van der Waals surface area (Å²) < 4.78 is 11.5. The monoisotopic (exact) mass is 390 g/mol. The number of aliphatic hydroxyl groups is 2. The number of hydrogen-bond donors (Lipinski definition) is 3. The van der Waals surface area contributed by atoms with Crippen molar-refractivity contribution in [3.05, 3.63) is 42.2 Å². The fourth-order valence-electron chi connectivity index (χ4n) is 4.62. The van der Waals surface area contributed by atoms with E-state index >= 15 is 0 Å². The van der Waals surface area contributed by atoms with Crippen molar-refractivity contribution < 1.29 is 29.6 Å². The highest BCUT2D eigenvalue weighted by atomic mass is 16.5. The molecule has 5 atom stereocenters. The number of carboxylic acids is 1. The van der Waals surface area contributed by atoms with Crippen LogP contribution in [0.5, 0.6) is 5.75 Å². The number of para-hydroxylation sites is 1. The lowest BCUT2D eigenvalue weighted by Crippen LogP contribution is -2.23. The van der Waals surface area contributed by atoms with Gasteiger partial charge in [-0.3, -0.25) is 4.79 Å². The quantitative estimate of drug-likeness (QED) is 0.418. The van der Waals surface area contributed by atoms with Crippen molar-refractivity contribution in [1.29, 1.82) is 0 Å². The minimum Gasteiger partial charge on any atom is -0.512 e. The van der Waals surface area contributed by atoms with Crippen molar-refractivity contribution >= 4 is 5.97 Å². The molecule has 154 valence electrons. The van der Waals surface area contributed by atoms with E-state index in [1.165, 1.54) is 0 Å². The first-order valence-corrected chi connectivity index (χ1v) is 10.1. The number of carbonyl (C=O) groups is 1. The molecule has 0 saturated heterocycles. The minimum absolute atomic E-state index is 0.0907. The lowest BCUT2D eigenvalue weighted by molar-refractivity contribution is -0.137. The van der Waals surface area contributed by atoms with E-state index in [9.17, 15) is 15.0 Å². The molecule has 0 amide bonds. The number of carboxylic acid groups (broad SMARTS) is 1. The van der Waals surface area contributed by atoms with Crippen molar-refractivity contribution in [3.63, 3.8) is 0 Å². The van der Waals surface area contributed by atoms with Gasteiger partial charge in [-0.1, -0.05) is 18.2 Å². The van der Waals surface area contributed by atoms with Gasteiger partial charge in [-0.05, 0) is 55.7 Å². The highest BCUT2D eigenvalue weighted by Gasteiger charge is 2.49. The number of ether oxygens (including phenoxy) is 2. The zero-order valence-electron chi connectivity index (χ0n) is 16.1. The third kappa shape index (κ3) is 5.49. The summed E-state index contributed by atoms with van der Waals surface area (Å²) in [6, 6.07) is 9.55. The molecule has 0 aliphatic heterocycles. The number of aliphatic hydroxyl groups excluding tert-OH is 2. The lowest BCUT2D eigenvalue weighted by atomic mass is 9.89. The fraction of sp³-hybridized carbons (Fsp3) is 0.591. The molecule has 0 unspecified atom stereocenters. The molecular weight excluding hydrogens is 360 g/mol. The summed E-state index contributed by atoms with van der Waals surface area (Å²) in [5.74, 6) is 0.570.